The minimum atomic E-state index is 0. The second-order valence-corrected chi connectivity index (χ2v) is 5.85. The molecule has 1 fully saturated rings. The van der Waals surface area contributed by atoms with E-state index in [0.717, 1.165) is 58.1 Å². The predicted molar refractivity (Wildman–Crippen MR) is 109 cm³/mol. The van der Waals surface area contributed by atoms with Crippen LogP contribution >= 0.6 is 24.0 Å². The predicted octanol–water partition coefficient (Wildman–Crippen LogP) is 2.90. The summed E-state index contributed by atoms with van der Waals surface area (Å²) in [4.78, 5) is 6.48. The highest BCUT2D eigenvalue weighted by molar-refractivity contribution is 14.0. The van der Waals surface area contributed by atoms with Crippen molar-refractivity contribution in [3.8, 4) is 0 Å². The monoisotopic (exact) mass is 447 g/mol. The minimum absolute atomic E-state index is 0. The molecule has 0 aliphatic carbocycles. The molecular weight excluding hydrogens is 417 g/mol. The molecule has 0 saturated carbocycles. The van der Waals surface area contributed by atoms with Crippen molar-refractivity contribution in [3.05, 3.63) is 35.9 Å². The van der Waals surface area contributed by atoms with Crippen molar-refractivity contribution in [3.63, 3.8) is 0 Å². The highest BCUT2D eigenvalue weighted by Crippen LogP contribution is 2.10. The summed E-state index contributed by atoms with van der Waals surface area (Å²) in [5.74, 6) is 0.917. The quantitative estimate of drug-likeness (QED) is 0.302. The Hall–Kier alpha value is -0.860. The van der Waals surface area contributed by atoms with E-state index in [2.05, 4.69) is 46.5 Å². The van der Waals surface area contributed by atoms with Crippen molar-refractivity contribution < 1.29 is 9.47 Å². The molecule has 0 aromatic heterocycles. The molecule has 1 aliphatic heterocycles. The molecule has 0 unspecified atom stereocenters. The number of hydrogen-bond acceptors (Lipinski definition) is 3. The molecule has 0 atom stereocenters. The van der Waals surface area contributed by atoms with Crippen molar-refractivity contribution in [2.24, 2.45) is 4.99 Å². The molecule has 2 rings (SSSR count). The van der Waals surface area contributed by atoms with Crippen molar-refractivity contribution >= 4 is 29.9 Å². The summed E-state index contributed by atoms with van der Waals surface area (Å²) < 4.78 is 11.2. The molecule has 1 aromatic carbocycles. The smallest absolute Gasteiger partial charge is 0.193 e. The molecule has 1 aromatic rings. The highest BCUT2D eigenvalue weighted by Gasteiger charge is 2.13. The number of halogens is 1. The van der Waals surface area contributed by atoms with Gasteiger partial charge in [-0.1, -0.05) is 30.3 Å². The van der Waals surface area contributed by atoms with Gasteiger partial charge >= 0.3 is 0 Å². The van der Waals surface area contributed by atoms with Gasteiger partial charge in [-0.2, -0.15) is 0 Å². The van der Waals surface area contributed by atoms with E-state index in [1.807, 2.05) is 13.1 Å². The van der Waals surface area contributed by atoms with Gasteiger partial charge in [-0.05, 0) is 24.8 Å². The van der Waals surface area contributed by atoms with E-state index in [1.54, 1.807) is 0 Å². The van der Waals surface area contributed by atoms with Gasteiger partial charge in [0.1, 0.15) is 0 Å². The second-order valence-electron chi connectivity index (χ2n) is 5.85. The maximum absolute atomic E-state index is 5.88. The first-order chi connectivity index (χ1) is 11.3. The number of ether oxygens (including phenoxy) is 2. The lowest BCUT2D eigenvalue weighted by Crippen LogP contribution is -2.39. The van der Waals surface area contributed by atoms with Gasteiger partial charge < -0.3 is 19.7 Å². The number of rotatable bonds is 7. The van der Waals surface area contributed by atoms with E-state index in [0.29, 0.717) is 6.10 Å². The molecule has 0 spiro atoms. The topological polar surface area (TPSA) is 46.1 Å². The van der Waals surface area contributed by atoms with Crippen LogP contribution in [0.2, 0.25) is 0 Å². The molecule has 5 nitrogen and oxygen atoms in total. The summed E-state index contributed by atoms with van der Waals surface area (Å²) in [6.45, 7) is 4.17. The Morgan fingerprint density at radius 1 is 1.29 bits per heavy atom. The van der Waals surface area contributed by atoms with Crippen LogP contribution in [0, 0.1) is 0 Å². The fraction of sp³-hybridized carbons (Fsp3) is 0.611. The zero-order valence-electron chi connectivity index (χ0n) is 14.7. The van der Waals surface area contributed by atoms with E-state index >= 15 is 0 Å². The Bertz CT molecular complexity index is 465. The van der Waals surface area contributed by atoms with Gasteiger partial charge in [0, 0.05) is 47.0 Å². The summed E-state index contributed by atoms with van der Waals surface area (Å²) in [5.41, 5.74) is 1.28. The SMILES string of the molecule is CN=C(NCCCOC1CCOCC1)N(C)Cc1ccccc1.I. The molecule has 24 heavy (non-hydrogen) atoms. The molecule has 0 amide bonds. The number of guanidine groups is 1. The first-order valence-electron chi connectivity index (χ1n) is 8.44. The molecule has 1 saturated heterocycles. The van der Waals surface area contributed by atoms with Gasteiger partial charge in [-0.3, -0.25) is 4.99 Å². The number of aliphatic imine (C=N–C) groups is 1. The summed E-state index contributed by atoms with van der Waals surface area (Å²) in [7, 11) is 3.88. The lowest BCUT2D eigenvalue weighted by molar-refractivity contribution is -0.0320. The van der Waals surface area contributed by atoms with E-state index in [9.17, 15) is 0 Å². The van der Waals surface area contributed by atoms with Crippen LogP contribution in [0.4, 0.5) is 0 Å². The fourth-order valence-electron chi connectivity index (χ4n) is 2.68. The van der Waals surface area contributed by atoms with E-state index in [4.69, 9.17) is 9.47 Å². The minimum Gasteiger partial charge on any atom is -0.381 e. The molecule has 136 valence electrons. The van der Waals surface area contributed by atoms with Crippen LogP contribution in [0.5, 0.6) is 0 Å². The first kappa shape index (κ1) is 21.2. The molecule has 1 heterocycles. The molecular formula is C18H30IN3O2. The van der Waals surface area contributed by atoms with E-state index in [-0.39, 0.29) is 24.0 Å². The molecule has 1 aliphatic rings. The Morgan fingerprint density at radius 3 is 2.67 bits per heavy atom. The summed E-state index contributed by atoms with van der Waals surface area (Å²) in [5, 5.41) is 3.40. The normalized spacial score (nSPS) is 15.7. The third-order valence-electron chi connectivity index (χ3n) is 3.96. The van der Waals surface area contributed by atoms with Crippen LogP contribution in [0.15, 0.2) is 35.3 Å². The maximum atomic E-state index is 5.88. The van der Waals surface area contributed by atoms with Gasteiger partial charge in [0.2, 0.25) is 0 Å². The fourth-order valence-corrected chi connectivity index (χ4v) is 2.68. The van der Waals surface area contributed by atoms with Crippen molar-refractivity contribution in [2.75, 3.05) is 40.5 Å². The van der Waals surface area contributed by atoms with Gasteiger partial charge in [0.05, 0.1) is 6.10 Å². The molecule has 6 heteroatoms. The average molecular weight is 447 g/mol. The largest absolute Gasteiger partial charge is 0.381 e. The van der Waals surface area contributed by atoms with Crippen LogP contribution in [0.25, 0.3) is 0 Å². The molecule has 0 radical (unpaired) electrons. The Morgan fingerprint density at radius 2 is 2.00 bits per heavy atom. The zero-order valence-corrected chi connectivity index (χ0v) is 17.1. The lowest BCUT2D eigenvalue weighted by atomic mass is 10.1. The lowest BCUT2D eigenvalue weighted by Gasteiger charge is -2.23. The third-order valence-corrected chi connectivity index (χ3v) is 3.96. The van der Waals surface area contributed by atoms with Gasteiger partial charge in [-0.25, -0.2) is 0 Å². The van der Waals surface area contributed by atoms with Crippen LogP contribution < -0.4 is 5.32 Å². The van der Waals surface area contributed by atoms with Gasteiger partial charge in [0.25, 0.3) is 0 Å². The van der Waals surface area contributed by atoms with E-state index in [1.165, 1.54) is 5.56 Å². The van der Waals surface area contributed by atoms with Crippen molar-refractivity contribution in [2.45, 2.75) is 31.9 Å². The van der Waals surface area contributed by atoms with Crippen molar-refractivity contribution in [1.82, 2.24) is 10.2 Å². The first-order valence-corrected chi connectivity index (χ1v) is 8.44. The Balaban J connectivity index is 0.00000288. The van der Waals surface area contributed by atoms with Gasteiger partial charge in [0.15, 0.2) is 5.96 Å². The van der Waals surface area contributed by atoms with Crippen LogP contribution in [-0.2, 0) is 16.0 Å². The number of benzene rings is 1. The zero-order chi connectivity index (χ0) is 16.3. The van der Waals surface area contributed by atoms with E-state index < -0.39 is 0 Å². The van der Waals surface area contributed by atoms with Crippen LogP contribution in [0.1, 0.15) is 24.8 Å². The van der Waals surface area contributed by atoms with Crippen molar-refractivity contribution in [1.29, 1.82) is 0 Å². The molecule has 0 bridgehead atoms. The second kappa shape index (κ2) is 12.5. The summed E-state index contributed by atoms with van der Waals surface area (Å²) >= 11 is 0. The number of nitrogens with zero attached hydrogens (tertiary/aromatic N) is 2. The standard InChI is InChI=1S/C18H29N3O2.HI/c1-19-18(21(2)15-16-7-4-3-5-8-16)20-11-6-12-23-17-9-13-22-14-10-17;/h3-5,7-8,17H,6,9-15H2,1-2H3,(H,19,20);1H. The summed E-state index contributed by atoms with van der Waals surface area (Å²) in [6.07, 6.45) is 3.41. The highest BCUT2D eigenvalue weighted by atomic mass is 127. The van der Waals surface area contributed by atoms with Gasteiger partial charge in [-0.15, -0.1) is 24.0 Å². The molecule has 1 N–H and O–H groups in total. The Labute approximate surface area is 162 Å². The van der Waals surface area contributed by atoms with Crippen LogP contribution in [0.3, 0.4) is 0 Å². The summed E-state index contributed by atoms with van der Waals surface area (Å²) in [6, 6.07) is 10.4. The number of nitrogens with one attached hydrogen (secondary N) is 1. The maximum Gasteiger partial charge on any atom is 0.193 e. The van der Waals surface area contributed by atoms with Crippen LogP contribution in [-0.4, -0.2) is 57.4 Å². The third kappa shape index (κ3) is 7.81. The number of hydrogen-bond donors (Lipinski definition) is 1. The Kier molecular flexibility index (Phi) is 11.0. The average Bonchev–Trinajstić information content (AvgIpc) is 2.60.